The number of hydrogen-bond donors (Lipinski definition) is 0. The van der Waals surface area contributed by atoms with E-state index in [0.717, 1.165) is 81.0 Å². The zero-order valence-corrected chi connectivity index (χ0v) is 34.5. The molecule has 0 saturated carbocycles. The first-order valence-corrected chi connectivity index (χ1v) is 21.9. The van der Waals surface area contributed by atoms with Crippen LogP contribution >= 0.6 is 11.3 Å². The molecule has 5 nitrogen and oxygen atoms in total. The summed E-state index contributed by atoms with van der Waals surface area (Å²) in [4.78, 5) is 15.6. The third-order valence-corrected chi connectivity index (χ3v) is 13.7. The third kappa shape index (κ3) is 5.72. The molecule has 0 radical (unpaired) electrons. The SMILES string of the molecule is [2H]c1c([2H])c([2H])c(-c2nc(C3=CC=C[C@@H](n4c5ccccc5c5ccccc54)C3)nc(-c3cc(-n4c5ccccc5c5ccccc54)cc4c3sc3c(-c5ccccc5)cccc34)n2)c([2H])c1[2H]. The van der Waals surface area contributed by atoms with Gasteiger partial charge in [-0.05, 0) is 53.1 Å². The summed E-state index contributed by atoms with van der Waals surface area (Å²) in [5, 5.41) is 6.72. The number of fused-ring (bicyclic) bond motifs is 9. The van der Waals surface area contributed by atoms with E-state index in [1.165, 1.54) is 10.8 Å². The highest BCUT2D eigenvalue weighted by Gasteiger charge is 2.25. The lowest BCUT2D eigenvalue weighted by molar-refractivity contribution is 0.653. The van der Waals surface area contributed by atoms with Gasteiger partial charge in [0.1, 0.15) is 0 Å². The maximum Gasteiger partial charge on any atom is 0.165 e. The zero-order chi connectivity index (χ0) is 45.8. The Morgan fingerprint density at radius 2 is 1.06 bits per heavy atom. The second-order valence-electron chi connectivity index (χ2n) is 15.9. The minimum atomic E-state index is -0.479. The van der Waals surface area contributed by atoms with Crippen LogP contribution in [0.3, 0.4) is 0 Å². The van der Waals surface area contributed by atoms with Crippen molar-refractivity contribution in [3.8, 4) is 39.6 Å². The van der Waals surface area contributed by atoms with Crippen LogP contribution in [0.15, 0.2) is 206 Å². The number of thiophene rings is 1. The van der Waals surface area contributed by atoms with Crippen LogP contribution in [0.5, 0.6) is 0 Å². The van der Waals surface area contributed by atoms with Gasteiger partial charge in [0.05, 0.1) is 23.9 Å². The number of nitrogens with zero attached hydrogens (tertiary/aromatic N) is 5. The van der Waals surface area contributed by atoms with Crippen LogP contribution in [0.4, 0.5) is 0 Å². The second kappa shape index (κ2) is 14.3. The number of hydrogen-bond acceptors (Lipinski definition) is 4. The summed E-state index contributed by atoms with van der Waals surface area (Å²) in [6, 6.07) is 52.8. The molecule has 1 aliphatic carbocycles. The molecule has 0 amide bonds. The van der Waals surface area contributed by atoms with E-state index in [-0.39, 0.29) is 29.5 Å². The van der Waals surface area contributed by atoms with Crippen molar-refractivity contribution in [1.82, 2.24) is 24.1 Å². The van der Waals surface area contributed by atoms with Crippen molar-refractivity contribution in [2.24, 2.45) is 0 Å². The van der Waals surface area contributed by atoms with Crippen LogP contribution < -0.4 is 0 Å². The summed E-state index contributed by atoms with van der Waals surface area (Å²) in [6.07, 6.45) is 6.79. The van der Waals surface area contributed by atoms with E-state index in [9.17, 15) is 0 Å². The molecule has 296 valence electrons. The summed E-state index contributed by atoms with van der Waals surface area (Å²) in [5.41, 5.74) is 8.95. The topological polar surface area (TPSA) is 48.5 Å². The molecule has 1 aliphatic rings. The number of aromatic nitrogens is 5. The van der Waals surface area contributed by atoms with Crippen LogP contribution in [-0.2, 0) is 0 Å². The Hall–Kier alpha value is -7.93. The fourth-order valence-electron chi connectivity index (χ4n) is 9.65. The largest absolute Gasteiger partial charge is 0.333 e. The van der Waals surface area contributed by atoms with E-state index in [4.69, 9.17) is 21.8 Å². The lowest BCUT2D eigenvalue weighted by Gasteiger charge is -2.22. The molecule has 0 saturated heterocycles. The average molecular weight is 829 g/mol. The number of benzene rings is 8. The predicted molar refractivity (Wildman–Crippen MR) is 264 cm³/mol. The van der Waals surface area contributed by atoms with Gasteiger partial charge in [-0.25, -0.2) is 15.0 Å². The predicted octanol–water partition coefficient (Wildman–Crippen LogP) is 15.0. The highest BCUT2D eigenvalue weighted by atomic mass is 32.1. The molecule has 4 heterocycles. The lowest BCUT2D eigenvalue weighted by Crippen LogP contribution is -2.11. The molecule has 0 N–H and O–H groups in total. The Kier molecular flexibility index (Phi) is 7.05. The molecule has 12 aromatic rings. The van der Waals surface area contributed by atoms with Crippen LogP contribution in [0, 0.1) is 0 Å². The van der Waals surface area contributed by atoms with Gasteiger partial charge in [0.15, 0.2) is 17.5 Å². The minimum absolute atomic E-state index is 0.00682. The first kappa shape index (κ1) is 31.0. The normalized spacial score (nSPS) is 15.3. The standard InChI is InChI=1S/C57H37N5S/c1-3-17-36(18-4-1)41-27-16-28-46-47-34-40(62-51-31-13-9-25-44(51)45-26-10-14-32-52(45)62)35-48(54(47)63-53(41)46)57-59-55(37-19-5-2-6-20-37)58-56(60-57)38-21-15-22-39(33-38)61-49-29-11-7-23-42(49)43-24-8-12-30-50(43)61/h1-32,34-35,39H,33H2/t39-/m1/s1/i2D,5D,6D,19D,20D. The monoisotopic (exact) mass is 828 g/mol. The fourth-order valence-corrected chi connectivity index (χ4v) is 11.0. The molecule has 6 heteroatoms. The number of allylic oxidation sites excluding steroid dienone is 4. The summed E-state index contributed by atoms with van der Waals surface area (Å²) in [5.74, 6) is 0.710. The molecular weight excluding hydrogens is 787 g/mol. The third-order valence-electron chi connectivity index (χ3n) is 12.4. The van der Waals surface area contributed by atoms with Crippen molar-refractivity contribution >= 4 is 80.7 Å². The van der Waals surface area contributed by atoms with Crippen molar-refractivity contribution in [3.05, 3.63) is 212 Å². The highest BCUT2D eigenvalue weighted by molar-refractivity contribution is 7.26. The molecule has 4 aromatic heterocycles. The van der Waals surface area contributed by atoms with E-state index in [1.54, 1.807) is 11.3 Å². The van der Waals surface area contributed by atoms with Gasteiger partial charge in [-0.3, -0.25) is 0 Å². The van der Waals surface area contributed by atoms with E-state index in [0.29, 0.717) is 18.1 Å². The molecule has 0 aliphatic heterocycles. The Morgan fingerprint density at radius 1 is 0.492 bits per heavy atom. The second-order valence-corrected chi connectivity index (χ2v) is 17.0. The van der Waals surface area contributed by atoms with E-state index in [1.807, 2.05) is 18.2 Å². The Labute approximate surface area is 374 Å². The molecule has 0 fully saturated rings. The van der Waals surface area contributed by atoms with E-state index < -0.39 is 18.1 Å². The van der Waals surface area contributed by atoms with E-state index in [2.05, 4.69) is 167 Å². The molecule has 1 atom stereocenters. The van der Waals surface area contributed by atoms with E-state index >= 15 is 0 Å². The minimum Gasteiger partial charge on any atom is -0.333 e. The first-order valence-electron chi connectivity index (χ1n) is 23.5. The zero-order valence-electron chi connectivity index (χ0n) is 38.7. The summed E-state index contributed by atoms with van der Waals surface area (Å²) in [7, 11) is 0. The Morgan fingerprint density at radius 3 is 1.76 bits per heavy atom. The smallest absolute Gasteiger partial charge is 0.165 e. The van der Waals surface area contributed by atoms with Gasteiger partial charge >= 0.3 is 0 Å². The van der Waals surface area contributed by atoms with Crippen molar-refractivity contribution in [2.75, 3.05) is 0 Å². The summed E-state index contributed by atoms with van der Waals surface area (Å²) >= 11 is 1.68. The van der Waals surface area contributed by atoms with Crippen molar-refractivity contribution in [2.45, 2.75) is 12.5 Å². The molecule has 63 heavy (non-hydrogen) atoms. The molecular formula is C57H37N5S. The maximum atomic E-state index is 9.13. The van der Waals surface area contributed by atoms with Crippen LogP contribution in [0.1, 0.15) is 25.1 Å². The van der Waals surface area contributed by atoms with Crippen molar-refractivity contribution in [1.29, 1.82) is 0 Å². The van der Waals surface area contributed by atoms with Gasteiger partial charge in [-0.2, -0.15) is 0 Å². The lowest BCUT2D eigenvalue weighted by atomic mass is 9.99. The molecule has 0 bridgehead atoms. The quantitative estimate of drug-likeness (QED) is 0.168. The maximum absolute atomic E-state index is 9.13. The molecule has 13 rings (SSSR count). The van der Waals surface area contributed by atoms with Crippen molar-refractivity contribution in [3.63, 3.8) is 0 Å². The number of rotatable bonds is 6. The average Bonchev–Trinajstić information content (AvgIpc) is 4.05. The first-order chi connectivity index (χ1) is 33.3. The summed E-state index contributed by atoms with van der Waals surface area (Å²) < 4.78 is 50.8. The van der Waals surface area contributed by atoms with Gasteiger partial charge in [0, 0.05) is 76.0 Å². The Bertz CT molecular complexity index is 4010. The molecule has 8 aromatic carbocycles. The molecule has 0 unspecified atom stereocenters. The van der Waals surface area contributed by atoms with Crippen LogP contribution in [-0.4, -0.2) is 24.1 Å². The molecule has 0 spiro atoms. The van der Waals surface area contributed by atoms with Crippen LogP contribution in [0.25, 0.3) is 109 Å². The Balaban J connectivity index is 1.09. The van der Waals surface area contributed by atoms with Crippen LogP contribution in [0.2, 0.25) is 0 Å². The van der Waals surface area contributed by atoms with Gasteiger partial charge in [-0.1, -0.05) is 170 Å². The van der Waals surface area contributed by atoms with Crippen molar-refractivity contribution < 1.29 is 6.85 Å². The fraction of sp³-hybridized carbons (Fsp3) is 0.0351. The highest BCUT2D eigenvalue weighted by Crippen LogP contribution is 2.46. The van der Waals surface area contributed by atoms with Gasteiger partial charge in [0.2, 0.25) is 0 Å². The van der Waals surface area contributed by atoms with Gasteiger partial charge < -0.3 is 9.13 Å². The summed E-state index contributed by atoms with van der Waals surface area (Å²) in [6.45, 7) is 0. The van der Waals surface area contributed by atoms with Gasteiger partial charge in [-0.15, -0.1) is 11.3 Å². The number of para-hydroxylation sites is 4. The van der Waals surface area contributed by atoms with Gasteiger partial charge in [0.25, 0.3) is 0 Å².